The molecule has 2 aromatic rings. The van der Waals surface area contributed by atoms with Crippen LogP contribution in [0.5, 0.6) is 0 Å². The van der Waals surface area contributed by atoms with Crippen LogP contribution in [-0.2, 0) is 0 Å². The molecular formula is C15H13NS. The van der Waals surface area contributed by atoms with Gasteiger partial charge in [-0.1, -0.05) is 29.8 Å². The minimum Gasteiger partial charge on any atom is -0.192 e. The smallest absolute Gasteiger partial charge is 0.0998 e. The van der Waals surface area contributed by atoms with Crippen LogP contribution in [0.4, 0.5) is 0 Å². The predicted octanol–water partition coefficient (Wildman–Crippen LogP) is 4.43. The van der Waals surface area contributed by atoms with E-state index >= 15 is 0 Å². The highest BCUT2D eigenvalue weighted by Gasteiger charge is 2.03. The Morgan fingerprint density at radius 2 is 1.88 bits per heavy atom. The van der Waals surface area contributed by atoms with Crippen LogP contribution in [0.1, 0.15) is 21.6 Å². The monoisotopic (exact) mass is 239 g/mol. The van der Waals surface area contributed by atoms with Crippen LogP contribution in [0.3, 0.4) is 0 Å². The number of hydrogen-bond acceptors (Lipinski definition) is 2. The molecule has 0 atom stereocenters. The number of allylic oxidation sites excluding steroid dienone is 1. The Bertz CT molecular complexity index is 582. The molecule has 84 valence electrons. The number of hydrogen-bond donors (Lipinski definition) is 0. The molecule has 1 nitrogen and oxygen atoms in total. The van der Waals surface area contributed by atoms with E-state index < -0.39 is 0 Å². The standard InChI is InChI=1S/C15H13NS/c1-11-3-5-13(6-4-11)14(10-16)9-15-12(2)7-8-17-15/h3-9H,1-2H3/b14-9-. The summed E-state index contributed by atoms with van der Waals surface area (Å²) in [7, 11) is 0. The van der Waals surface area contributed by atoms with Gasteiger partial charge in [-0.2, -0.15) is 5.26 Å². The average molecular weight is 239 g/mol. The summed E-state index contributed by atoms with van der Waals surface area (Å²) in [6.45, 7) is 4.11. The van der Waals surface area contributed by atoms with Gasteiger partial charge in [0, 0.05) is 4.88 Å². The van der Waals surface area contributed by atoms with Crippen LogP contribution in [0.25, 0.3) is 11.6 Å². The van der Waals surface area contributed by atoms with Crippen LogP contribution in [-0.4, -0.2) is 0 Å². The Morgan fingerprint density at radius 3 is 2.41 bits per heavy atom. The third-order valence-electron chi connectivity index (χ3n) is 2.66. The average Bonchev–Trinajstić information content (AvgIpc) is 2.73. The number of rotatable bonds is 2. The molecule has 1 aromatic heterocycles. The summed E-state index contributed by atoms with van der Waals surface area (Å²) in [4.78, 5) is 1.15. The molecule has 1 aromatic carbocycles. The minimum atomic E-state index is 0.718. The summed E-state index contributed by atoms with van der Waals surface area (Å²) in [5.74, 6) is 0. The van der Waals surface area contributed by atoms with Crippen molar-refractivity contribution in [3.05, 3.63) is 57.3 Å². The van der Waals surface area contributed by atoms with E-state index in [9.17, 15) is 5.26 Å². The van der Waals surface area contributed by atoms with E-state index in [2.05, 4.69) is 19.1 Å². The summed E-state index contributed by atoms with van der Waals surface area (Å²) < 4.78 is 0. The highest BCUT2D eigenvalue weighted by Crippen LogP contribution is 2.23. The number of thiophene rings is 1. The van der Waals surface area contributed by atoms with E-state index in [4.69, 9.17) is 0 Å². The van der Waals surface area contributed by atoms with Gasteiger partial charge < -0.3 is 0 Å². The van der Waals surface area contributed by atoms with Crippen molar-refractivity contribution >= 4 is 23.0 Å². The molecular weight excluding hydrogens is 226 g/mol. The largest absolute Gasteiger partial charge is 0.192 e. The number of nitrogens with zero attached hydrogens (tertiary/aromatic N) is 1. The van der Waals surface area contributed by atoms with Gasteiger partial charge in [0.15, 0.2) is 0 Å². The summed E-state index contributed by atoms with van der Waals surface area (Å²) in [5, 5.41) is 11.3. The Kier molecular flexibility index (Phi) is 3.41. The molecule has 0 unspecified atom stereocenters. The van der Waals surface area contributed by atoms with Gasteiger partial charge in [-0.25, -0.2) is 0 Å². The first-order valence-corrected chi connectivity index (χ1v) is 6.31. The van der Waals surface area contributed by atoms with Gasteiger partial charge in [0.2, 0.25) is 0 Å². The first kappa shape index (κ1) is 11.6. The normalized spacial score (nSPS) is 11.2. The molecule has 0 aliphatic carbocycles. The zero-order valence-corrected chi connectivity index (χ0v) is 10.7. The Hall–Kier alpha value is -1.85. The first-order valence-electron chi connectivity index (χ1n) is 5.43. The maximum atomic E-state index is 9.22. The molecule has 0 bridgehead atoms. The molecule has 0 saturated heterocycles. The van der Waals surface area contributed by atoms with E-state index in [1.165, 1.54) is 11.1 Å². The molecule has 1 heterocycles. The van der Waals surface area contributed by atoms with Crippen molar-refractivity contribution in [3.8, 4) is 6.07 Å². The highest BCUT2D eigenvalue weighted by molar-refractivity contribution is 7.11. The predicted molar refractivity (Wildman–Crippen MR) is 73.7 cm³/mol. The zero-order chi connectivity index (χ0) is 12.3. The molecule has 0 spiro atoms. The summed E-state index contributed by atoms with van der Waals surface area (Å²) >= 11 is 1.66. The highest BCUT2D eigenvalue weighted by atomic mass is 32.1. The molecule has 0 aliphatic rings. The van der Waals surface area contributed by atoms with E-state index in [-0.39, 0.29) is 0 Å². The van der Waals surface area contributed by atoms with Gasteiger partial charge in [0.25, 0.3) is 0 Å². The third kappa shape index (κ3) is 2.64. The van der Waals surface area contributed by atoms with Crippen LogP contribution in [0.15, 0.2) is 35.7 Å². The second-order valence-corrected chi connectivity index (χ2v) is 4.95. The van der Waals surface area contributed by atoms with Crippen molar-refractivity contribution in [2.45, 2.75) is 13.8 Å². The van der Waals surface area contributed by atoms with Gasteiger partial charge in [-0.3, -0.25) is 0 Å². The van der Waals surface area contributed by atoms with Crippen LogP contribution >= 0.6 is 11.3 Å². The van der Waals surface area contributed by atoms with Crippen molar-refractivity contribution in [1.29, 1.82) is 5.26 Å². The zero-order valence-electron chi connectivity index (χ0n) is 9.90. The van der Waals surface area contributed by atoms with Gasteiger partial charge in [-0.05, 0) is 42.5 Å². The summed E-state index contributed by atoms with van der Waals surface area (Å²) in [6.07, 6.45) is 1.96. The topological polar surface area (TPSA) is 23.8 Å². The van der Waals surface area contributed by atoms with Gasteiger partial charge in [-0.15, -0.1) is 11.3 Å². The number of benzene rings is 1. The van der Waals surface area contributed by atoms with E-state index in [1.807, 2.05) is 42.6 Å². The van der Waals surface area contributed by atoms with Crippen molar-refractivity contribution in [3.63, 3.8) is 0 Å². The third-order valence-corrected chi connectivity index (χ3v) is 3.63. The van der Waals surface area contributed by atoms with E-state index in [1.54, 1.807) is 11.3 Å². The fourth-order valence-electron chi connectivity index (χ4n) is 1.58. The first-order chi connectivity index (χ1) is 8.20. The summed E-state index contributed by atoms with van der Waals surface area (Å²) in [5.41, 5.74) is 4.12. The maximum absolute atomic E-state index is 9.22. The van der Waals surface area contributed by atoms with Crippen LogP contribution in [0.2, 0.25) is 0 Å². The van der Waals surface area contributed by atoms with Crippen LogP contribution < -0.4 is 0 Å². The molecule has 17 heavy (non-hydrogen) atoms. The Balaban J connectivity index is 2.41. The molecule has 0 radical (unpaired) electrons. The van der Waals surface area contributed by atoms with Gasteiger partial charge in [0.1, 0.15) is 0 Å². The number of aryl methyl sites for hydroxylation is 2. The number of nitriles is 1. The lowest BCUT2D eigenvalue weighted by Gasteiger charge is -2.00. The molecule has 0 saturated carbocycles. The Morgan fingerprint density at radius 1 is 1.18 bits per heavy atom. The van der Waals surface area contributed by atoms with Crippen molar-refractivity contribution < 1.29 is 0 Å². The van der Waals surface area contributed by atoms with Crippen LogP contribution in [0, 0.1) is 25.2 Å². The lowest BCUT2D eigenvalue weighted by atomic mass is 10.0. The fraction of sp³-hybridized carbons (Fsp3) is 0.133. The lowest BCUT2D eigenvalue weighted by molar-refractivity contribution is 1.45. The Labute approximate surface area is 106 Å². The van der Waals surface area contributed by atoms with E-state index in [0.29, 0.717) is 0 Å². The van der Waals surface area contributed by atoms with Crippen molar-refractivity contribution in [1.82, 2.24) is 0 Å². The minimum absolute atomic E-state index is 0.718. The second-order valence-electron chi connectivity index (χ2n) is 4.00. The van der Waals surface area contributed by atoms with E-state index in [0.717, 1.165) is 16.0 Å². The molecule has 2 heteroatoms. The maximum Gasteiger partial charge on any atom is 0.0998 e. The second kappa shape index (κ2) is 4.99. The van der Waals surface area contributed by atoms with Crippen molar-refractivity contribution in [2.75, 3.05) is 0 Å². The quantitative estimate of drug-likeness (QED) is 0.711. The van der Waals surface area contributed by atoms with Gasteiger partial charge >= 0.3 is 0 Å². The molecule has 2 rings (SSSR count). The fourth-order valence-corrected chi connectivity index (χ4v) is 2.44. The molecule has 0 aliphatic heterocycles. The molecule has 0 N–H and O–H groups in total. The SMILES string of the molecule is Cc1ccc(/C(C#N)=C\c2sccc2C)cc1. The van der Waals surface area contributed by atoms with Gasteiger partial charge in [0.05, 0.1) is 11.6 Å². The lowest BCUT2D eigenvalue weighted by Crippen LogP contribution is -1.82. The van der Waals surface area contributed by atoms with Crippen molar-refractivity contribution in [2.24, 2.45) is 0 Å². The molecule has 0 amide bonds. The summed E-state index contributed by atoms with van der Waals surface area (Å²) in [6, 6.07) is 12.4. The molecule has 0 fully saturated rings.